The lowest BCUT2D eigenvalue weighted by molar-refractivity contribution is -0.139. The van der Waals surface area contributed by atoms with E-state index in [-0.39, 0.29) is 11.3 Å². The number of aliphatic hydroxyl groups excluding tert-OH is 1. The number of carbonyl (C=O) groups excluding carboxylic acids is 2. The SMILES string of the molecule is CCOc1ccc(C2/C(=C(\O)c3cc(C)ccc3C)C(=O)C(=O)N2CCCn2ccnc2)cc1. The van der Waals surface area contributed by atoms with Gasteiger partial charge < -0.3 is 19.3 Å². The summed E-state index contributed by atoms with van der Waals surface area (Å²) in [5.41, 5.74) is 3.22. The molecule has 1 aliphatic rings. The van der Waals surface area contributed by atoms with E-state index in [1.807, 2.05) is 74.0 Å². The van der Waals surface area contributed by atoms with Crippen LogP contribution >= 0.6 is 0 Å². The molecule has 4 rings (SSSR count). The second-order valence-electron chi connectivity index (χ2n) is 8.47. The fourth-order valence-electron chi connectivity index (χ4n) is 4.35. The van der Waals surface area contributed by atoms with Crippen LogP contribution in [-0.2, 0) is 16.1 Å². The van der Waals surface area contributed by atoms with Crippen LogP contribution in [0.3, 0.4) is 0 Å². The van der Waals surface area contributed by atoms with E-state index in [2.05, 4.69) is 4.98 Å². The Morgan fingerprint density at radius 2 is 1.85 bits per heavy atom. The number of likely N-dealkylation sites (tertiary alicyclic amines) is 1. The molecule has 7 nitrogen and oxygen atoms in total. The van der Waals surface area contributed by atoms with Gasteiger partial charge in [0.2, 0.25) is 0 Å². The number of ketones is 1. The Bertz CT molecular complexity index is 1210. The first kappa shape index (κ1) is 23.3. The summed E-state index contributed by atoms with van der Waals surface area (Å²) in [5, 5.41) is 11.3. The van der Waals surface area contributed by atoms with E-state index >= 15 is 0 Å². The maximum absolute atomic E-state index is 13.2. The van der Waals surface area contributed by atoms with Crippen LogP contribution in [0.1, 0.15) is 41.6 Å². The molecule has 2 heterocycles. The molecule has 3 aromatic rings. The van der Waals surface area contributed by atoms with Gasteiger partial charge in [-0.2, -0.15) is 0 Å². The molecule has 0 aliphatic carbocycles. The molecule has 0 spiro atoms. The number of aliphatic hydroxyl groups is 1. The van der Waals surface area contributed by atoms with Crippen molar-refractivity contribution >= 4 is 17.4 Å². The van der Waals surface area contributed by atoms with Crippen LogP contribution in [0.4, 0.5) is 0 Å². The van der Waals surface area contributed by atoms with Crippen molar-refractivity contribution in [3.8, 4) is 5.75 Å². The average molecular weight is 460 g/mol. The van der Waals surface area contributed by atoms with E-state index in [0.717, 1.165) is 16.7 Å². The van der Waals surface area contributed by atoms with Crippen molar-refractivity contribution in [3.63, 3.8) is 0 Å². The molecule has 7 heteroatoms. The number of carbonyl (C=O) groups is 2. The van der Waals surface area contributed by atoms with Crippen molar-refractivity contribution in [1.82, 2.24) is 14.5 Å². The average Bonchev–Trinajstić information content (AvgIpc) is 3.43. The Morgan fingerprint density at radius 3 is 2.53 bits per heavy atom. The maximum atomic E-state index is 13.2. The summed E-state index contributed by atoms with van der Waals surface area (Å²) in [7, 11) is 0. The fourth-order valence-corrected chi connectivity index (χ4v) is 4.35. The predicted molar refractivity (Wildman–Crippen MR) is 129 cm³/mol. The zero-order valence-electron chi connectivity index (χ0n) is 19.7. The van der Waals surface area contributed by atoms with Crippen LogP contribution in [0.5, 0.6) is 5.75 Å². The standard InChI is InChI=1S/C27H29N3O4/c1-4-34-21-10-8-20(9-11-21)24-23(25(31)22-16-18(2)6-7-19(22)3)26(32)27(33)30(24)14-5-13-29-15-12-28-17-29/h6-12,15-17,24,31H,4-5,13-14H2,1-3H3/b25-23+. The fraction of sp³-hybridized carbons (Fsp3) is 0.296. The molecule has 0 bridgehead atoms. The summed E-state index contributed by atoms with van der Waals surface area (Å²) >= 11 is 0. The van der Waals surface area contributed by atoms with Crippen molar-refractivity contribution in [2.24, 2.45) is 0 Å². The van der Waals surface area contributed by atoms with Crippen LogP contribution in [0, 0.1) is 13.8 Å². The number of aryl methyl sites for hydroxylation is 3. The van der Waals surface area contributed by atoms with Crippen LogP contribution in [0.2, 0.25) is 0 Å². The van der Waals surface area contributed by atoms with Crippen LogP contribution < -0.4 is 4.74 Å². The molecule has 1 aliphatic heterocycles. The number of ether oxygens (including phenoxy) is 1. The number of benzene rings is 2. The second-order valence-corrected chi connectivity index (χ2v) is 8.47. The molecule has 1 amide bonds. The molecule has 1 fully saturated rings. The number of imidazole rings is 1. The minimum atomic E-state index is -0.682. The van der Waals surface area contributed by atoms with E-state index < -0.39 is 17.7 Å². The first-order chi connectivity index (χ1) is 16.4. The Kier molecular flexibility index (Phi) is 6.82. The summed E-state index contributed by atoms with van der Waals surface area (Å²) in [6.07, 6.45) is 5.92. The molecule has 2 aromatic carbocycles. The van der Waals surface area contributed by atoms with Gasteiger partial charge in [-0.05, 0) is 56.5 Å². The minimum Gasteiger partial charge on any atom is -0.507 e. The van der Waals surface area contributed by atoms with Crippen molar-refractivity contribution in [2.45, 2.75) is 39.8 Å². The molecule has 0 radical (unpaired) electrons. The van der Waals surface area contributed by atoms with E-state index in [4.69, 9.17) is 4.74 Å². The number of amides is 1. The quantitative estimate of drug-likeness (QED) is 0.306. The highest BCUT2D eigenvalue weighted by molar-refractivity contribution is 6.46. The topological polar surface area (TPSA) is 84.7 Å². The Labute approximate surface area is 199 Å². The molecule has 1 aromatic heterocycles. The molecule has 1 N–H and O–H groups in total. The van der Waals surface area contributed by atoms with Gasteiger partial charge in [0.15, 0.2) is 0 Å². The van der Waals surface area contributed by atoms with Crippen molar-refractivity contribution in [1.29, 1.82) is 0 Å². The zero-order chi connectivity index (χ0) is 24.2. The van der Waals surface area contributed by atoms with Gasteiger partial charge in [0.05, 0.1) is 24.5 Å². The third kappa shape index (κ3) is 4.59. The summed E-state index contributed by atoms with van der Waals surface area (Å²) in [6.45, 7) is 7.28. The highest BCUT2D eigenvalue weighted by Crippen LogP contribution is 2.40. The predicted octanol–water partition coefficient (Wildman–Crippen LogP) is 4.41. The van der Waals surface area contributed by atoms with Gasteiger partial charge in [-0.3, -0.25) is 9.59 Å². The van der Waals surface area contributed by atoms with Gasteiger partial charge >= 0.3 is 0 Å². The van der Waals surface area contributed by atoms with Crippen molar-refractivity contribution < 1.29 is 19.4 Å². The third-order valence-corrected chi connectivity index (χ3v) is 6.07. The van der Waals surface area contributed by atoms with E-state index in [0.29, 0.717) is 37.4 Å². The third-order valence-electron chi connectivity index (χ3n) is 6.07. The lowest BCUT2D eigenvalue weighted by atomic mass is 9.93. The van der Waals surface area contributed by atoms with Gasteiger partial charge in [0.1, 0.15) is 11.5 Å². The van der Waals surface area contributed by atoms with Crippen LogP contribution in [0.15, 0.2) is 66.8 Å². The number of hydrogen-bond donors (Lipinski definition) is 1. The first-order valence-corrected chi connectivity index (χ1v) is 11.4. The zero-order valence-corrected chi connectivity index (χ0v) is 19.7. The molecular formula is C27H29N3O4. The Morgan fingerprint density at radius 1 is 1.09 bits per heavy atom. The first-order valence-electron chi connectivity index (χ1n) is 11.4. The lowest BCUT2D eigenvalue weighted by Gasteiger charge is -2.25. The number of hydrogen-bond acceptors (Lipinski definition) is 5. The van der Waals surface area contributed by atoms with Gasteiger partial charge in [-0.25, -0.2) is 4.98 Å². The van der Waals surface area contributed by atoms with Gasteiger partial charge in [-0.1, -0.05) is 29.8 Å². The summed E-state index contributed by atoms with van der Waals surface area (Å²) < 4.78 is 7.48. The number of Topliss-reactive ketones (excluding diaryl/α,β-unsaturated/α-hetero) is 1. The van der Waals surface area contributed by atoms with Crippen LogP contribution in [0.25, 0.3) is 5.76 Å². The second kappa shape index (κ2) is 9.95. The summed E-state index contributed by atoms with van der Waals surface area (Å²) in [6, 6.07) is 12.3. The van der Waals surface area contributed by atoms with Gasteiger partial charge in [-0.15, -0.1) is 0 Å². The molecular weight excluding hydrogens is 430 g/mol. The van der Waals surface area contributed by atoms with Crippen molar-refractivity contribution in [2.75, 3.05) is 13.2 Å². The maximum Gasteiger partial charge on any atom is 0.295 e. The number of aromatic nitrogens is 2. The summed E-state index contributed by atoms with van der Waals surface area (Å²) in [5.74, 6) is -0.704. The molecule has 1 saturated heterocycles. The highest BCUT2D eigenvalue weighted by Gasteiger charge is 2.45. The van der Waals surface area contributed by atoms with E-state index in [9.17, 15) is 14.7 Å². The Hall–Kier alpha value is -3.87. The van der Waals surface area contributed by atoms with E-state index in [1.54, 1.807) is 17.4 Å². The minimum absolute atomic E-state index is 0.116. The monoisotopic (exact) mass is 459 g/mol. The summed E-state index contributed by atoms with van der Waals surface area (Å²) in [4.78, 5) is 32.0. The molecule has 1 unspecified atom stereocenters. The normalized spacial score (nSPS) is 17.4. The number of nitrogens with zero attached hydrogens (tertiary/aromatic N) is 3. The smallest absolute Gasteiger partial charge is 0.295 e. The van der Waals surface area contributed by atoms with Crippen LogP contribution in [-0.4, -0.2) is 44.4 Å². The van der Waals surface area contributed by atoms with Gasteiger partial charge in [0, 0.05) is 31.0 Å². The lowest BCUT2D eigenvalue weighted by Crippen LogP contribution is -2.31. The number of rotatable bonds is 8. The van der Waals surface area contributed by atoms with Crippen molar-refractivity contribution in [3.05, 3.63) is 89.0 Å². The molecule has 1 atom stereocenters. The largest absolute Gasteiger partial charge is 0.507 e. The van der Waals surface area contributed by atoms with Gasteiger partial charge in [0.25, 0.3) is 11.7 Å². The Balaban J connectivity index is 1.75. The highest BCUT2D eigenvalue weighted by atomic mass is 16.5. The van der Waals surface area contributed by atoms with E-state index in [1.165, 1.54) is 0 Å². The molecule has 176 valence electrons. The molecule has 34 heavy (non-hydrogen) atoms. The molecule has 0 saturated carbocycles.